The Labute approximate surface area is 303 Å². The lowest BCUT2D eigenvalue weighted by molar-refractivity contribution is -0.114. The Kier molecular flexibility index (Phi) is 16.4. The molecule has 9 nitrogen and oxygen atoms in total. The van der Waals surface area contributed by atoms with Crippen LogP contribution in [-0.4, -0.2) is 94.5 Å². The van der Waals surface area contributed by atoms with Gasteiger partial charge in [0.2, 0.25) is 0 Å². The van der Waals surface area contributed by atoms with E-state index in [9.17, 15) is 9.90 Å². The van der Waals surface area contributed by atoms with E-state index in [1.807, 2.05) is 0 Å². The fraction of sp³-hybridized carbons (Fsp3) is 0.927. The molecule has 3 fully saturated rings. The predicted molar refractivity (Wildman–Crippen MR) is 197 cm³/mol. The topological polar surface area (TPSA) is 116 Å². The third-order valence-electron chi connectivity index (χ3n) is 13.5. The summed E-state index contributed by atoms with van der Waals surface area (Å²) in [5.41, 5.74) is 2.62. The van der Waals surface area contributed by atoms with Crippen LogP contribution in [0.5, 0.6) is 0 Å². The Morgan fingerprint density at radius 3 is 2.20 bits per heavy atom. The second-order valence-corrected chi connectivity index (χ2v) is 17.3. The number of aliphatic hydroxyl groups excluding tert-OH is 2. The van der Waals surface area contributed by atoms with Crippen molar-refractivity contribution >= 4 is 6.09 Å². The van der Waals surface area contributed by atoms with E-state index in [-0.39, 0.29) is 30.8 Å². The third-order valence-corrected chi connectivity index (χ3v) is 13.5. The van der Waals surface area contributed by atoms with Crippen molar-refractivity contribution in [2.45, 2.75) is 131 Å². The fourth-order valence-corrected chi connectivity index (χ4v) is 10.9. The van der Waals surface area contributed by atoms with Crippen LogP contribution in [0.15, 0.2) is 11.6 Å². The molecule has 0 aromatic heterocycles. The van der Waals surface area contributed by atoms with Crippen molar-refractivity contribution in [1.29, 1.82) is 0 Å². The minimum atomic E-state index is -0.847. The van der Waals surface area contributed by atoms with Gasteiger partial charge < -0.3 is 39.2 Å². The molecule has 0 spiro atoms. The van der Waals surface area contributed by atoms with Crippen LogP contribution in [0.4, 0.5) is 4.79 Å². The van der Waals surface area contributed by atoms with Gasteiger partial charge in [-0.2, -0.15) is 0 Å². The van der Waals surface area contributed by atoms with E-state index in [4.69, 9.17) is 28.8 Å². The highest BCUT2D eigenvalue weighted by atomic mass is 16.6. The highest BCUT2D eigenvalue weighted by Crippen LogP contribution is 2.72. The lowest BCUT2D eigenvalue weighted by Gasteiger charge is -2.63. The normalized spacial score (nSPS) is 33.3. The van der Waals surface area contributed by atoms with E-state index in [1.165, 1.54) is 51.4 Å². The maximum atomic E-state index is 12.7. The van der Waals surface area contributed by atoms with Gasteiger partial charge in [-0.1, -0.05) is 72.5 Å². The number of carbonyl (C=O) groups excluding carboxylic acids is 1. The van der Waals surface area contributed by atoms with Gasteiger partial charge >= 0.3 is 6.09 Å². The van der Waals surface area contributed by atoms with Crippen LogP contribution in [0.1, 0.15) is 119 Å². The van der Waals surface area contributed by atoms with Gasteiger partial charge in [0.25, 0.3) is 0 Å². The summed E-state index contributed by atoms with van der Waals surface area (Å²) in [6, 6.07) is 0. The van der Waals surface area contributed by atoms with Crippen LogP contribution < -0.4 is 5.32 Å². The summed E-state index contributed by atoms with van der Waals surface area (Å²) in [6.07, 6.45) is 15.9. The van der Waals surface area contributed by atoms with Gasteiger partial charge in [-0.3, -0.25) is 0 Å². The zero-order chi connectivity index (χ0) is 36.2. The standard InChI is InChI=1S/C41H73NO8/c1-30(2)9-7-10-31(3)35-11-12-36-40(35,5)18-15-37-39(4)17-14-34(27-32(39)13-16-41(36,37)6)50-38(45)42-19-8-20-46-21-22-47-23-24-48-25-26-49-29-33(44)28-43/h13,30-31,33-37,43-44H,7-12,14-29H2,1-6H3,(H,42,45)/t31-,33?,34+,35-,36-,37-,39+,40-,41+/m1/s1. The zero-order valence-electron chi connectivity index (χ0n) is 32.5. The van der Waals surface area contributed by atoms with Crippen molar-refractivity contribution in [2.24, 2.45) is 45.8 Å². The van der Waals surface area contributed by atoms with Crippen LogP contribution in [0.2, 0.25) is 0 Å². The Balaban J connectivity index is 1.10. The summed E-state index contributed by atoms with van der Waals surface area (Å²) >= 11 is 0. The third kappa shape index (κ3) is 10.7. The number of fused-ring (bicyclic) bond motifs is 5. The lowest BCUT2D eigenvalue weighted by Crippen LogP contribution is -2.56. The molecule has 0 radical (unpaired) electrons. The molecule has 4 rings (SSSR count). The van der Waals surface area contributed by atoms with Gasteiger partial charge in [-0.25, -0.2) is 4.79 Å². The smallest absolute Gasteiger partial charge is 0.407 e. The Morgan fingerprint density at radius 2 is 1.52 bits per heavy atom. The first-order valence-corrected chi connectivity index (χ1v) is 20.2. The number of nitrogens with one attached hydrogen (secondary N) is 1. The van der Waals surface area contributed by atoms with Gasteiger partial charge in [0.15, 0.2) is 0 Å². The molecule has 4 aliphatic carbocycles. The highest BCUT2D eigenvalue weighted by molar-refractivity contribution is 5.67. The van der Waals surface area contributed by atoms with E-state index >= 15 is 0 Å². The van der Waals surface area contributed by atoms with Crippen LogP contribution in [0.25, 0.3) is 0 Å². The maximum absolute atomic E-state index is 12.7. The van der Waals surface area contributed by atoms with Crippen molar-refractivity contribution in [1.82, 2.24) is 5.32 Å². The molecule has 0 heterocycles. The molecule has 1 amide bonds. The largest absolute Gasteiger partial charge is 0.446 e. The number of amides is 1. The van der Waals surface area contributed by atoms with E-state index < -0.39 is 6.10 Å². The predicted octanol–water partition coefficient (Wildman–Crippen LogP) is 7.32. The molecule has 0 aromatic rings. The van der Waals surface area contributed by atoms with Crippen molar-refractivity contribution in [3.63, 3.8) is 0 Å². The van der Waals surface area contributed by atoms with Gasteiger partial charge in [0, 0.05) is 19.6 Å². The van der Waals surface area contributed by atoms with Crippen LogP contribution in [-0.2, 0) is 23.7 Å². The van der Waals surface area contributed by atoms with Gasteiger partial charge in [-0.15, -0.1) is 0 Å². The molecule has 4 aliphatic rings. The molecule has 50 heavy (non-hydrogen) atoms. The molecule has 1 unspecified atom stereocenters. The molecule has 0 aromatic carbocycles. The molecule has 3 saturated carbocycles. The number of alkyl carbamates (subject to hydrolysis) is 1. The van der Waals surface area contributed by atoms with E-state index in [2.05, 4.69) is 52.9 Å². The first kappa shape index (κ1) is 41.5. The summed E-state index contributed by atoms with van der Waals surface area (Å²) in [5, 5.41) is 20.8. The first-order valence-electron chi connectivity index (χ1n) is 20.2. The maximum Gasteiger partial charge on any atom is 0.407 e. The Morgan fingerprint density at radius 1 is 0.840 bits per heavy atom. The van der Waals surface area contributed by atoms with Gasteiger partial charge in [0.1, 0.15) is 12.2 Å². The zero-order valence-corrected chi connectivity index (χ0v) is 32.5. The number of carbonyl (C=O) groups is 1. The minimum absolute atomic E-state index is 0.0425. The highest BCUT2D eigenvalue weighted by Gasteiger charge is 2.64. The number of allylic oxidation sites excluding steroid dienone is 1. The average molecular weight is 708 g/mol. The second-order valence-electron chi connectivity index (χ2n) is 17.3. The molecule has 9 atom stereocenters. The van der Waals surface area contributed by atoms with Crippen LogP contribution in [0, 0.1) is 45.8 Å². The summed E-state index contributed by atoms with van der Waals surface area (Å²) < 4.78 is 27.6. The van der Waals surface area contributed by atoms with Crippen molar-refractivity contribution in [2.75, 3.05) is 66.0 Å². The van der Waals surface area contributed by atoms with Crippen molar-refractivity contribution in [3.8, 4) is 0 Å². The summed E-state index contributed by atoms with van der Waals surface area (Å²) in [4.78, 5) is 12.7. The van der Waals surface area contributed by atoms with Gasteiger partial charge in [0.05, 0.1) is 52.9 Å². The molecule has 0 bridgehead atoms. The summed E-state index contributed by atoms with van der Waals surface area (Å²) in [7, 11) is 0. The van der Waals surface area contributed by atoms with Gasteiger partial charge in [-0.05, 0) is 97.2 Å². The lowest BCUT2D eigenvalue weighted by atomic mass is 9.41. The number of rotatable bonds is 22. The minimum Gasteiger partial charge on any atom is -0.446 e. The summed E-state index contributed by atoms with van der Waals surface area (Å²) in [5.74, 6) is 4.05. The molecule has 9 heteroatoms. The molecular formula is C41H73NO8. The van der Waals surface area contributed by atoms with Crippen LogP contribution in [0.3, 0.4) is 0 Å². The van der Waals surface area contributed by atoms with Crippen LogP contribution >= 0.6 is 0 Å². The quantitative estimate of drug-likeness (QED) is 0.0792. The number of aliphatic hydroxyl groups is 2. The molecule has 3 N–H and O–H groups in total. The number of ether oxygens (including phenoxy) is 5. The SMILES string of the molecule is CC(C)CCC[C@@H](C)[C@H]1CC[C@@H]2[C@]1(C)CC[C@H]1[C@@]2(C)CC=C2C[C@@H](OC(=O)NCCCOCCOCCOCCOCC(O)CO)CC[C@@]21C. The van der Waals surface area contributed by atoms with E-state index in [0.29, 0.717) is 63.6 Å². The first-order chi connectivity index (χ1) is 23.9. The monoisotopic (exact) mass is 708 g/mol. The van der Waals surface area contributed by atoms with Crippen molar-refractivity contribution < 1.29 is 38.7 Å². The fourth-order valence-electron chi connectivity index (χ4n) is 10.9. The second kappa shape index (κ2) is 19.7. The molecule has 290 valence electrons. The van der Waals surface area contributed by atoms with E-state index in [1.54, 1.807) is 5.57 Å². The Hall–Kier alpha value is -1.23. The molecule has 0 saturated heterocycles. The van der Waals surface area contributed by atoms with E-state index in [0.717, 1.165) is 55.3 Å². The molecule has 0 aliphatic heterocycles. The number of hydrogen-bond donors (Lipinski definition) is 3. The molecular weight excluding hydrogens is 634 g/mol. The summed E-state index contributed by atoms with van der Waals surface area (Å²) in [6.45, 7) is 18.7. The average Bonchev–Trinajstić information content (AvgIpc) is 3.44. The number of hydrogen-bond acceptors (Lipinski definition) is 8. The van der Waals surface area contributed by atoms with Crippen molar-refractivity contribution in [3.05, 3.63) is 11.6 Å². The Bertz CT molecular complexity index is 1050.